The summed E-state index contributed by atoms with van der Waals surface area (Å²) in [5.74, 6) is 0. The molecule has 6 aromatic carbocycles. The van der Waals surface area contributed by atoms with Gasteiger partial charge in [-0.15, -0.1) is 0 Å². The fraction of sp³-hybridized carbons (Fsp3) is 0.164. The summed E-state index contributed by atoms with van der Waals surface area (Å²) < 4.78 is 7.40. The number of hydrogen-bond acceptors (Lipinski definition) is 0. The number of nitrogens with zero attached hydrogens (tertiary/aromatic N) is 3. The molecule has 0 fully saturated rings. The zero-order valence-electron chi connectivity index (χ0n) is 38.7. The third-order valence-corrected chi connectivity index (χ3v) is 13.1. The molecule has 0 radical (unpaired) electrons. The van der Waals surface area contributed by atoms with Crippen molar-refractivity contribution in [2.45, 2.75) is 68.6 Å². The molecule has 0 aliphatic heterocycles. The van der Waals surface area contributed by atoms with Crippen molar-refractivity contribution in [1.29, 1.82) is 0 Å². The van der Waals surface area contributed by atoms with Crippen LogP contribution in [-0.2, 0) is 0 Å². The standard InChI is InChI=1S/C61H58N3/c1-40-19-22-43(4)52(34-40)49-28-25-46(7)55(37-49)58-16-10-13-31-62(58)61(63-32-14-11-17-59(63)56-38-50(29-26-47(56)8)53-35-41(2)20-23-44(53)5)64-33-15-12-18-60(64)57-39-51(30-27-48(57)9)54-36-42(3)21-24-45(54)6/h10-39,61H,1-9H3/q+3. The highest BCUT2D eigenvalue weighted by molar-refractivity contribution is 5.77. The van der Waals surface area contributed by atoms with Crippen molar-refractivity contribution in [1.82, 2.24) is 0 Å². The van der Waals surface area contributed by atoms with Crippen LogP contribution in [0.2, 0.25) is 0 Å². The molecule has 3 heterocycles. The maximum atomic E-state index is 2.47. The van der Waals surface area contributed by atoms with Crippen LogP contribution >= 0.6 is 0 Å². The van der Waals surface area contributed by atoms with Gasteiger partial charge >= 0.3 is 6.29 Å². The second-order valence-corrected chi connectivity index (χ2v) is 17.9. The van der Waals surface area contributed by atoms with Gasteiger partial charge in [0.15, 0.2) is 18.6 Å². The predicted octanol–water partition coefficient (Wildman–Crippen LogP) is 13.9. The van der Waals surface area contributed by atoms with Crippen LogP contribution in [0.4, 0.5) is 0 Å². The molecule has 64 heavy (non-hydrogen) atoms. The minimum absolute atomic E-state index is 0.361. The summed E-state index contributed by atoms with van der Waals surface area (Å²) in [5.41, 5.74) is 25.6. The molecule has 314 valence electrons. The molecule has 3 aromatic heterocycles. The number of benzene rings is 6. The van der Waals surface area contributed by atoms with Gasteiger partial charge in [-0.25, -0.2) is 0 Å². The molecule has 0 unspecified atom stereocenters. The fourth-order valence-electron chi connectivity index (χ4n) is 9.40. The van der Waals surface area contributed by atoms with E-state index in [-0.39, 0.29) is 6.29 Å². The largest absolute Gasteiger partial charge is 0.553 e. The fourth-order valence-corrected chi connectivity index (χ4v) is 9.40. The zero-order valence-corrected chi connectivity index (χ0v) is 38.7. The van der Waals surface area contributed by atoms with Gasteiger partial charge in [0, 0.05) is 36.4 Å². The minimum atomic E-state index is -0.361. The average Bonchev–Trinajstić information content (AvgIpc) is 3.30. The SMILES string of the molecule is Cc1ccc(C)c(-c2ccc(C)c(-c3cccc[n+]3C([n+]3ccccc3-c3cc(-c4cc(C)ccc4C)ccc3C)[n+]3ccccc3-c3cc(-c4cc(C)ccc4C)ccc3C)c2)c1. The van der Waals surface area contributed by atoms with E-state index < -0.39 is 0 Å². The summed E-state index contributed by atoms with van der Waals surface area (Å²) in [6.45, 7) is 19.9. The molecular formula is C61H58N3+3. The lowest BCUT2D eigenvalue weighted by Gasteiger charge is -2.16. The van der Waals surface area contributed by atoms with Gasteiger partial charge in [0.2, 0.25) is 17.1 Å². The van der Waals surface area contributed by atoms with Crippen LogP contribution in [0, 0.1) is 62.3 Å². The van der Waals surface area contributed by atoms with Crippen molar-refractivity contribution in [3.63, 3.8) is 0 Å². The lowest BCUT2D eigenvalue weighted by atomic mass is 9.93. The van der Waals surface area contributed by atoms with Gasteiger partial charge < -0.3 is 0 Å². The van der Waals surface area contributed by atoms with Gasteiger partial charge in [-0.3, -0.25) is 0 Å². The predicted molar refractivity (Wildman–Crippen MR) is 265 cm³/mol. The monoisotopic (exact) mass is 832 g/mol. The third-order valence-electron chi connectivity index (χ3n) is 13.1. The van der Waals surface area contributed by atoms with Crippen LogP contribution in [-0.4, -0.2) is 0 Å². The van der Waals surface area contributed by atoms with Crippen LogP contribution in [0.15, 0.2) is 182 Å². The van der Waals surface area contributed by atoms with Crippen molar-refractivity contribution in [2.75, 3.05) is 0 Å². The lowest BCUT2D eigenvalue weighted by Crippen LogP contribution is -2.72. The summed E-state index contributed by atoms with van der Waals surface area (Å²) in [5, 5.41) is 0. The zero-order chi connectivity index (χ0) is 44.6. The van der Waals surface area contributed by atoms with Crippen molar-refractivity contribution >= 4 is 0 Å². The Morgan fingerprint density at radius 2 is 0.531 bits per heavy atom. The van der Waals surface area contributed by atoms with Gasteiger partial charge in [-0.2, -0.15) is 0 Å². The Kier molecular flexibility index (Phi) is 11.5. The highest BCUT2D eigenvalue weighted by atomic mass is 15.4. The van der Waals surface area contributed by atoms with Crippen LogP contribution in [0.1, 0.15) is 56.4 Å². The summed E-state index contributed by atoms with van der Waals surface area (Å²) >= 11 is 0. The molecule has 3 heteroatoms. The number of rotatable bonds is 9. The lowest BCUT2D eigenvalue weighted by molar-refractivity contribution is -1.11. The van der Waals surface area contributed by atoms with E-state index in [4.69, 9.17) is 0 Å². The van der Waals surface area contributed by atoms with Gasteiger partial charge in [0.1, 0.15) is 0 Å². The molecule has 0 spiro atoms. The smallest absolute Gasteiger partial charge is 0.0745 e. The maximum Gasteiger partial charge on any atom is 0.553 e. The van der Waals surface area contributed by atoms with E-state index in [1.807, 2.05) is 0 Å². The highest BCUT2D eigenvalue weighted by Crippen LogP contribution is 2.34. The van der Waals surface area contributed by atoms with Gasteiger partial charge in [-0.05, 0) is 165 Å². The Labute approximate surface area is 380 Å². The molecular weight excluding hydrogens is 775 g/mol. The van der Waals surface area contributed by atoms with Crippen LogP contribution < -0.4 is 13.7 Å². The first-order chi connectivity index (χ1) is 30.9. The highest BCUT2D eigenvalue weighted by Gasteiger charge is 2.44. The molecule has 0 atom stereocenters. The number of aromatic nitrogens is 3. The second-order valence-electron chi connectivity index (χ2n) is 17.9. The summed E-state index contributed by atoms with van der Waals surface area (Å²) in [6.07, 6.45) is 6.42. The Balaban J connectivity index is 1.32. The molecule has 3 nitrogen and oxygen atoms in total. The number of hydrogen-bond donors (Lipinski definition) is 0. The molecule has 0 aliphatic rings. The van der Waals surface area contributed by atoms with Crippen molar-refractivity contribution < 1.29 is 13.7 Å². The second kappa shape index (κ2) is 17.5. The third kappa shape index (κ3) is 8.11. The summed E-state index contributed by atoms with van der Waals surface area (Å²) in [6, 6.07) is 61.0. The van der Waals surface area contributed by atoms with Crippen LogP contribution in [0.25, 0.3) is 67.2 Å². The molecule has 0 saturated carbocycles. The van der Waals surface area contributed by atoms with Crippen molar-refractivity contribution in [3.8, 4) is 67.2 Å². The number of pyridine rings is 3. The van der Waals surface area contributed by atoms with E-state index in [0.29, 0.717) is 0 Å². The average molecular weight is 833 g/mol. The van der Waals surface area contributed by atoms with Crippen LogP contribution in [0.3, 0.4) is 0 Å². The molecule has 0 N–H and O–H groups in total. The maximum absolute atomic E-state index is 2.47. The Bertz CT molecular complexity index is 2880. The first kappa shape index (κ1) is 42.1. The minimum Gasteiger partial charge on any atom is -0.0745 e. The summed E-state index contributed by atoms with van der Waals surface area (Å²) in [7, 11) is 0. The van der Waals surface area contributed by atoms with E-state index >= 15 is 0 Å². The molecule has 0 amide bonds. The van der Waals surface area contributed by atoms with Gasteiger partial charge in [0.25, 0.3) is 0 Å². The first-order valence-corrected chi connectivity index (χ1v) is 22.5. The quantitative estimate of drug-likeness (QED) is 0.128. The molecule has 9 rings (SSSR count). The van der Waals surface area contributed by atoms with E-state index in [2.05, 4.69) is 258 Å². The Hall–Kier alpha value is -7.23. The Morgan fingerprint density at radius 3 is 0.828 bits per heavy atom. The molecule has 9 aromatic rings. The van der Waals surface area contributed by atoms with Crippen LogP contribution in [0.5, 0.6) is 0 Å². The number of aryl methyl sites for hydroxylation is 9. The van der Waals surface area contributed by atoms with E-state index in [1.54, 1.807) is 0 Å². The van der Waals surface area contributed by atoms with Gasteiger partial charge in [0.05, 0.1) is 16.7 Å². The van der Waals surface area contributed by atoms with Gasteiger partial charge in [-0.1, -0.05) is 121 Å². The van der Waals surface area contributed by atoms with E-state index in [1.165, 1.54) is 100 Å². The van der Waals surface area contributed by atoms with Crippen molar-refractivity contribution in [3.05, 3.63) is 232 Å². The van der Waals surface area contributed by atoms with E-state index in [9.17, 15) is 0 Å². The normalized spacial score (nSPS) is 11.3. The first-order valence-electron chi connectivity index (χ1n) is 22.5. The Morgan fingerprint density at radius 1 is 0.266 bits per heavy atom. The molecule has 0 aliphatic carbocycles. The van der Waals surface area contributed by atoms with Crippen molar-refractivity contribution in [2.24, 2.45) is 0 Å². The molecule has 0 bridgehead atoms. The van der Waals surface area contributed by atoms with E-state index in [0.717, 1.165) is 17.1 Å². The molecule has 0 saturated heterocycles. The topological polar surface area (TPSA) is 11.6 Å². The summed E-state index contributed by atoms with van der Waals surface area (Å²) in [4.78, 5) is 0.